The molecule has 4 heteroatoms. The molecule has 1 unspecified atom stereocenters. The lowest BCUT2D eigenvalue weighted by Gasteiger charge is -2.07. The van der Waals surface area contributed by atoms with Crippen LogP contribution in [0.25, 0.3) is 0 Å². The second kappa shape index (κ2) is 6.69. The van der Waals surface area contributed by atoms with Crippen molar-refractivity contribution in [2.24, 2.45) is 5.92 Å². The monoisotopic (exact) mass is 268 g/mol. The van der Waals surface area contributed by atoms with Gasteiger partial charge in [-0.15, -0.1) is 0 Å². The van der Waals surface area contributed by atoms with Crippen molar-refractivity contribution in [3.63, 3.8) is 0 Å². The van der Waals surface area contributed by atoms with Gasteiger partial charge in [-0.05, 0) is 37.0 Å². The van der Waals surface area contributed by atoms with Crippen molar-refractivity contribution in [1.29, 1.82) is 0 Å². The SMILES string of the molecule is Cc1ccc(S(=O)CCCC(C)C)cc1C(=O)O. The molecular weight excluding hydrogens is 248 g/mol. The van der Waals surface area contributed by atoms with Crippen LogP contribution in [0.3, 0.4) is 0 Å². The maximum Gasteiger partial charge on any atom is 0.335 e. The van der Waals surface area contributed by atoms with Gasteiger partial charge in [-0.1, -0.05) is 26.3 Å². The van der Waals surface area contributed by atoms with Gasteiger partial charge in [0.2, 0.25) is 0 Å². The van der Waals surface area contributed by atoms with E-state index in [1.54, 1.807) is 19.1 Å². The Hall–Kier alpha value is -1.16. The van der Waals surface area contributed by atoms with Gasteiger partial charge < -0.3 is 5.11 Å². The van der Waals surface area contributed by atoms with Gasteiger partial charge in [0.25, 0.3) is 0 Å². The molecule has 1 aromatic rings. The number of benzene rings is 1. The van der Waals surface area contributed by atoms with Crippen molar-refractivity contribution < 1.29 is 14.1 Å². The maximum atomic E-state index is 12.0. The van der Waals surface area contributed by atoms with E-state index in [1.165, 1.54) is 6.07 Å². The van der Waals surface area contributed by atoms with Crippen molar-refractivity contribution in [2.75, 3.05) is 5.75 Å². The summed E-state index contributed by atoms with van der Waals surface area (Å²) in [5.74, 6) is 0.239. The van der Waals surface area contributed by atoms with Gasteiger partial charge in [-0.3, -0.25) is 4.21 Å². The molecule has 1 rings (SSSR count). The molecule has 0 amide bonds. The molecule has 18 heavy (non-hydrogen) atoms. The van der Waals surface area contributed by atoms with Crippen LogP contribution in [-0.4, -0.2) is 21.0 Å². The van der Waals surface area contributed by atoms with Gasteiger partial charge in [0, 0.05) is 10.6 Å². The fourth-order valence-corrected chi connectivity index (χ4v) is 2.85. The molecule has 1 atom stereocenters. The molecule has 0 radical (unpaired) electrons. The molecule has 0 bridgehead atoms. The number of rotatable bonds is 6. The number of aryl methyl sites for hydroxylation is 1. The molecule has 0 spiro atoms. The first-order valence-corrected chi connectivity index (χ1v) is 7.46. The summed E-state index contributed by atoms with van der Waals surface area (Å²) < 4.78 is 12.0. The van der Waals surface area contributed by atoms with Crippen molar-refractivity contribution in [3.05, 3.63) is 29.3 Å². The standard InChI is InChI=1S/C14H20O3S/c1-10(2)5-4-8-18(17)12-7-6-11(3)13(9-12)14(15)16/h6-7,9-10H,4-5,8H2,1-3H3,(H,15,16). The van der Waals surface area contributed by atoms with Crippen molar-refractivity contribution in [3.8, 4) is 0 Å². The average Bonchev–Trinajstić information content (AvgIpc) is 2.28. The molecule has 3 nitrogen and oxygen atoms in total. The minimum atomic E-state index is -1.10. The van der Waals surface area contributed by atoms with Gasteiger partial charge >= 0.3 is 5.97 Å². The zero-order valence-electron chi connectivity index (χ0n) is 11.1. The fourth-order valence-electron chi connectivity index (χ4n) is 1.71. The van der Waals surface area contributed by atoms with E-state index in [0.29, 0.717) is 22.1 Å². The molecule has 0 fully saturated rings. The maximum absolute atomic E-state index is 12.0. The Morgan fingerprint density at radius 3 is 2.61 bits per heavy atom. The molecule has 0 aliphatic rings. The number of carboxylic acid groups (broad SMARTS) is 1. The Balaban J connectivity index is 2.74. The highest BCUT2D eigenvalue weighted by Crippen LogP contribution is 2.16. The second-order valence-electron chi connectivity index (χ2n) is 4.87. The zero-order chi connectivity index (χ0) is 13.7. The predicted octanol–water partition coefficient (Wildman–Crippen LogP) is 3.24. The molecule has 0 saturated heterocycles. The molecule has 1 N–H and O–H groups in total. The van der Waals surface area contributed by atoms with Crippen LogP contribution in [0, 0.1) is 12.8 Å². The van der Waals surface area contributed by atoms with Crippen LogP contribution in [0.5, 0.6) is 0 Å². The quantitative estimate of drug-likeness (QED) is 0.861. The highest BCUT2D eigenvalue weighted by molar-refractivity contribution is 7.85. The van der Waals surface area contributed by atoms with E-state index in [-0.39, 0.29) is 5.56 Å². The molecule has 100 valence electrons. The number of carboxylic acids is 1. The van der Waals surface area contributed by atoms with E-state index in [2.05, 4.69) is 13.8 Å². The summed E-state index contributed by atoms with van der Waals surface area (Å²) in [5.41, 5.74) is 0.940. The van der Waals surface area contributed by atoms with Crippen LogP contribution in [-0.2, 0) is 10.8 Å². The first kappa shape index (κ1) is 14.9. The minimum absolute atomic E-state index is 0.240. The topological polar surface area (TPSA) is 54.4 Å². The molecule has 0 aliphatic carbocycles. The summed E-state index contributed by atoms with van der Waals surface area (Å²) >= 11 is 0. The third-order valence-electron chi connectivity index (χ3n) is 2.81. The molecule has 0 heterocycles. The number of carbonyl (C=O) groups is 1. The van der Waals surface area contributed by atoms with Gasteiger partial charge in [0.05, 0.1) is 16.4 Å². The Kier molecular flexibility index (Phi) is 5.54. The summed E-state index contributed by atoms with van der Waals surface area (Å²) in [6.45, 7) is 6.02. The first-order valence-electron chi connectivity index (χ1n) is 6.14. The molecule has 1 aromatic carbocycles. The average molecular weight is 268 g/mol. The normalized spacial score (nSPS) is 12.7. The summed E-state index contributed by atoms with van der Waals surface area (Å²) in [4.78, 5) is 11.6. The van der Waals surface area contributed by atoms with Crippen molar-refractivity contribution >= 4 is 16.8 Å². The predicted molar refractivity (Wildman–Crippen MR) is 73.5 cm³/mol. The van der Waals surface area contributed by atoms with Gasteiger partial charge in [0.15, 0.2) is 0 Å². The molecule has 0 aliphatic heterocycles. The number of aromatic carboxylic acids is 1. The van der Waals surface area contributed by atoms with E-state index >= 15 is 0 Å². The largest absolute Gasteiger partial charge is 0.478 e. The van der Waals surface area contributed by atoms with Gasteiger partial charge in [0.1, 0.15) is 0 Å². The van der Waals surface area contributed by atoms with Crippen molar-refractivity contribution in [1.82, 2.24) is 0 Å². The lowest BCUT2D eigenvalue weighted by atomic mass is 10.1. The van der Waals surface area contributed by atoms with Gasteiger partial charge in [-0.2, -0.15) is 0 Å². The third-order valence-corrected chi connectivity index (χ3v) is 4.25. The Morgan fingerprint density at radius 1 is 1.39 bits per heavy atom. The van der Waals surface area contributed by atoms with Crippen molar-refractivity contribution in [2.45, 2.75) is 38.5 Å². The molecule has 0 saturated carbocycles. The molecule has 0 aromatic heterocycles. The number of hydrogen-bond acceptors (Lipinski definition) is 2. The van der Waals surface area contributed by atoms with Gasteiger partial charge in [-0.25, -0.2) is 4.79 Å². The summed E-state index contributed by atoms with van der Waals surface area (Å²) in [6, 6.07) is 5.01. The lowest BCUT2D eigenvalue weighted by Crippen LogP contribution is -2.04. The van der Waals surface area contributed by atoms with E-state index in [4.69, 9.17) is 5.11 Å². The number of hydrogen-bond donors (Lipinski definition) is 1. The van der Waals surface area contributed by atoms with Crippen LogP contribution in [0.4, 0.5) is 0 Å². The van der Waals surface area contributed by atoms with Crippen LogP contribution in [0.2, 0.25) is 0 Å². The van der Waals surface area contributed by atoms with E-state index in [0.717, 1.165) is 12.8 Å². The highest BCUT2D eigenvalue weighted by atomic mass is 32.2. The summed E-state index contributed by atoms with van der Waals surface area (Å²) in [6.07, 6.45) is 1.95. The van der Waals surface area contributed by atoms with Crippen LogP contribution in [0.15, 0.2) is 23.1 Å². The van der Waals surface area contributed by atoms with Crippen LogP contribution in [0.1, 0.15) is 42.6 Å². The zero-order valence-corrected chi connectivity index (χ0v) is 11.9. The summed E-state index contributed by atoms with van der Waals surface area (Å²) in [7, 11) is -1.10. The van der Waals surface area contributed by atoms with E-state index in [1.807, 2.05) is 0 Å². The van der Waals surface area contributed by atoms with E-state index in [9.17, 15) is 9.00 Å². The fraction of sp³-hybridized carbons (Fsp3) is 0.500. The van der Waals surface area contributed by atoms with Crippen LogP contribution >= 0.6 is 0 Å². The molecular formula is C14H20O3S. The Morgan fingerprint density at radius 2 is 2.06 bits per heavy atom. The Labute approximate surface area is 111 Å². The van der Waals surface area contributed by atoms with Crippen LogP contribution < -0.4 is 0 Å². The first-order chi connectivity index (χ1) is 8.41. The minimum Gasteiger partial charge on any atom is -0.478 e. The smallest absolute Gasteiger partial charge is 0.335 e. The Bertz CT molecular complexity index is 452. The lowest BCUT2D eigenvalue weighted by molar-refractivity contribution is 0.0696. The van der Waals surface area contributed by atoms with E-state index < -0.39 is 16.8 Å². The second-order valence-corrected chi connectivity index (χ2v) is 6.44. The highest BCUT2D eigenvalue weighted by Gasteiger charge is 2.11. The third kappa shape index (κ3) is 4.26. The summed E-state index contributed by atoms with van der Waals surface area (Å²) in [5, 5.41) is 9.02.